The van der Waals surface area contributed by atoms with Gasteiger partial charge in [0.1, 0.15) is 11.4 Å². The van der Waals surface area contributed by atoms with E-state index in [0.717, 1.165) is 22.0 Å². The van der Waals surface area contributed by atoms with Gasteiger partial charge in [0.05, 0.1) is 4.90 Å². The highest BCUT2D eigenvalue weighted by atomic mass is 32.2. The molecule has 10 nitrogen and oxygen atoms in total. The van der Waals surface area contributed by atoms with Gasteiger partial charge in [-0.3, -0.25) is 0 Å². The molecule has 208 valence electrons. The molecule has 1 heterocycles. The zero-order valence-corrected chi connectivity index (χ0v) is 22.1. The summed E-state index contributed by atoms with van der Waals surface area (Å²) in [6.45, 7) is -0.888. The molecule has 0 unspecified atom stereocenters. The molecular weight excluding hydrogens is 568 g/mol. The van der Waals surface area contributed by atoms with Gasteiger partial charge in [-0.1, -0.05) is 53.0 Å². The minimum absolute atomic E-state index is 0.0811. The number of nitrogens with zero attached hydrogens (tertiary/aromatic N) is 3. The van der Waals surface area contributed by atoms with Crippen LogP contribution in [0.3, 0.4) is 0 Å². The molecule has 3 aromatic carbocycles. The predicted octanol–water partition coefficient (Wildman–Crippen LogP) is 4.24. The first-order valence-electron chi connectivity index (χ1n) is 11.5. The number of sulfonamides is 1. The minimum Gasteiger partial charge on any atom is -0.482 e. The highest BCUT2D eigenvalue weighted by Gasteiger charge is 2.40. The van der Waals surface area contributed by atoms with Crippen LogP contribution >= 0.6 is 11.5 Å². The molecule has 0 spiro atoms. The lowest BCUT2D eigenvalue weighted by molar-refractivity contribution is -0.166. The van der Waals surface area contributed by atoms with Crippen LogP contribution in [-0.4, -0.2) is 51.1 Å². The molecule has 1 aromatic heterocycles. The van der Waals surface area contributed by atoms with Crippen molar-refractivity contribution >= 4 is 33.5 Å². The minimum atomic E-state index is -4.15. The maximum Gasteiger partial charge on any atom is 0.379 e. The number of benzene rings is 3. The molecule has 4 aromatic rings. The maximum atomic E-state index is 13.9. The van der Waals surface area contributed by atoms with E-state index < -0.39 is 40.1 Å². The molecule has 0 aliphatic rings. The summed E-state index contributed by atoms with van der Waals surface area (Å²) in [7, 11) is -4.15. The van der Waals surface area contributed by atoms with Gasteiger partial charge in [-0.25, -0.2) is 18.0 Å². The van der Waals surface area contributed by atoms with Gasteiger partial charge in [0.25, 0.3) is 0 Å². The number of hydrogen-bond acceptors (Lipinski definition) is 8. The first-order valence-corrected chi connectivity index (χ1v) is 13.8. The van der Waals surface area contributed by atoms with E-state index in [1.54, 1.807) is 29.6 Å². The molecule has 0 saturated heterocycles. The number of alkyl halides is 2. The number of aliphatic carboxylic acids is 2. The average molecular weight is 590 g/mol. The van der Waals surface area contributed by atoms with E-state index in [2.05, 4.69) is 9.59 Å². The summed E-state index contributed by atoms with van der Waals surface area (Å²) < 4.78 is 65.1. The van der Waals surface area contributed by atoms with Crippen molar-refractivity contribution in [2.45, 2.75) is 23.9 Å². The molecule has 0 saturated carbocycles. The Morgan fingerprint density at radius 3 is 1.98 bits per heavy atom. The maximum absolute atomic E-state index is 13.9. The van der Waals surface area contributed by atoms with Crippen LogP contribution in [0.1, 0.15) is 16.7 Å². The van der Waals surface area contributed by atoms with E-state index in [0.29, 0.717) is 16.8 Å². The highest BCUT2D eigenvalue weighted by molar-refractivity contribution is 7.89. The van der Waals surface area contributed by atoms with Gasteiger partial charge in [0.15, 0.2) is 6.61 Å². The summed E-state index contributed by atoms with van der Waals surface area (Å²) in [4.78, 5) is 21.5. The first-order chi connectivity index (χ1) is 19.0. The van der Waals surface area contributed by atoms with E-state index in [1.807, 2.05) is 0 Å². The Hall–Kier alpha value is -4.27. The molecule has 4 rings (SSSR count). The largest absolute Gasteiger partial charge is 0.482 e. The van der Waals surface area contributed by atoms with Gasteiger partial charge in [-0.2, -0.15) is 13.1 Å². The van der Waals surface area contributed by atoms with Crippen molar-refractivity contribution in [2.24, 2.45) is 0 Å². The summed E-state index contributed by atoms with van der Waals surface area (Å²) in [6.07, 6.45) is 0. The topological polar surface area (TPSA) is 147 Å². The number of carboxylic acids is 2. The van der Waals surface area contributed by atoms with E-state index in [4.69, 9.17) is 14.9 Å². The smallest absolute Gasteiger partial charge is 0.379 e. The van der Waals surface area contributed by atoms with Crippen LogP contribution in [-0.2, 0) is 38.6 Å². The predicted molar refractivity (Wildman–Crippen MR) is 139 cm³/mol. The Morgan fingerprint density at radius 1 is 0.900 bits per heavy atom. The monoisotopic (exact) mass is 589 g/mol. The molecule has 0 radical (unpaired) electrons. The van der Waals surface area contributed by atoms with Gasteiger partial charge < -0.3 is 14.9 Å². The fraction of sp³-hybridized carbons (Fsp3) is 0.154. The molecule has 14 heteroatoms. The first kappa shape index (κ1) is 28.7. The van der Waals surface area contributed by atoms with Crippen LogP contribution in [0.4, 0.5) is 8.78 Å². The number of hydrogen-bond donors (Lipinski definition) is 2. The molecule has 2 N–H and O–H groups in total. The average Bonchev–Trinajstić information content (AvgIpc) is 3.47. The Bertz CT molecular complexity index is 1580. The van der Waals surface area contributed by atoms with E-state index in [-0.39, 0.29) is 23.7 Å². The zero-order chi connectivity index (χ0) is 28.9. The van der Waals surface area contributed by atoms with Gasteiger partial charge in [-0.15, -0.1) is 5.10 Å². The molecule has 40 heavy (non-hydrogen) atoms. The van der Waals surface area contributed by atoms with Crippen LogP contribution < -0.4 is 4.74 Å². The lowest BCUT2D eigenvalue weighted by Crippen LogP contribution is -2.30. The summed E-state index contributed by atoms with van der Waals surface area (Å²) in [6, 6.07) is 16.6. The zero-order valence-electron chi connectivity index (χ0n) is 20.5. The van der Waals surface area contributed by atoms with Crippen LogP contribution in [0.5, 0.6) is 5.75 Å². The van der Waals surface area contributed by atoms with Crippen molar-refractivity contribution in [3.63, 3.8) is 0 Å². The van der Waals surface area contributed by atoms with E-state index >= 15 is 0 Å². The van der Waals surface area contributed by atoms with E-state index in [9.17, 15) is 26.8 Å². The number of carbonyl (C=O) groups is 2. The van der Waals surface area contributed by atoms with Gasteiger partial charge in [0.2, 0.25) is 10.0 Å². The van der Waals surface area contributed by atoms with Gasteiger partial charge >= 0.3 is 17.9 Å². The normalized spacial score (nSPS) is 11.9. The van der Waals surface area contributed by atoms with Crippen LogP contribution in [0.2, 0.25) is 0 Å². The second kappa shape index (κ2) is 11.9. The highest BCUT2D eigenvalue weighted by Crippen LogP contribution is 2.29. The Morgan fingerprint density at radius 2 is 1.48 bits per heavy atom. The van der Waals surface area contributed by atoms with Gasteiger partial charge in [-0.05, 0) is 46.9 Å². The van der Waals surface area contributed by atoms with Crippen molar-refractivity contribution < 1.29 is 41.7 Å². The summed E-state index contributed by atoms with van der Waals surface area (Å²) in [5.74, 6) is -7.41. The van der Waals surface area contributed by atoms with Crippen LogP contribution in [0.15, 0.2) is 83.1 Å². The summed E-state index contributed by atoms with van der Waals surface area (Å²) in [5.41, 5.74) is 1.71. The molecular formula is C26H21F2N3O7S2. The van der Waals surface area contributed by atoms with Crippen molar-refractivity contribution in [3.05, 3.63) is 94.9 Å². The summed E-state index contributed by atoms with van der Waals surface area (Å²) >= 11 is 1.19. The fourth-order valence-electron chi connectivity index (χ4n) is 3.65. The fourth-order valence-corrected chi connectivity index (χ4v) is 5.53. The number of rotatable bonds is 12. The number of carboxylic acid groups (broad SMARTS) is 2. The lowest BCUT2D eigenvalue weighted by Gasteiger charge is -2.23. The molecule has 0 fully saturated rings. The van der Waals surface area contributed by atoms with E-state index in [1.165, 1.54) is 47.9 Å². The Balaban J connectivity index is 1.62. The third kappa shape index (κ3) is 6.65. The van der Waals surface area contributed by atoms with Crippen LogP contribution in [0, 0.1) is 0 Å². The van der Waals surface area contributed by atoms with Gasteiger partial charge in [0, 0.05) is 29.6 Å². The second-order valence-corrected chi connectivity index (χ2v) is 11.0. The molecule has 0 bridgehead atoms. The number of ether oxygens (including phenoxy) is 1. The standard InChI is InChI=1S/C26H21F2N3O7S2/c27-26(28,25(34)35)20-7-3-18(4-8-20)14-31(13-17-1-5-19(6-2-17)23-16-39-30-29-23)40(36,37)22-11-9-21(10-12-22)38-15-24(32)33/h1-12,16H,13-15H2,(H,32,33)(H,34,35). The third-order valence-electron chi connectivity index (χ3n) is 5.74. The number of aromatic nitrogens is 2. The van der Waals surface area contributed by atoms with Crippen molar-refractivity contribution in [1.82, 2.24) is 13.9 Å². The molecule has 0 amide bonds. The lowest BCUT2D eigenvalue weighted by atomic mass is 10.1. The third-order valence-corrected chi connectivity index (χ3v) is 8.05. The molecule has 0 aliphatic heterocycles. The number of halogens is 2. The molecule has 0 aliphatic carbocycles. The Kier molecular flexibility index (Phi) is 8.52. The second-order valence-electron chi connectivity index (χ2n) is 8.49. The summed E-state index contributed by atoms with van der Waals surface area (Å²) in [5, 5.41) is 23.3. The van der Waals surface area contributed by atoms with Crippen molar-refractivity contribution in [2.75, 3.05) is 6.61 Å². The quantitative estimate of drug-likeness (QED) is 0.248. The Labute approximate surface area is 231 Å². The van der Waals surface area contributed by atoms with Crippen LogP contribution in [0.25, 0.3) is 11.3 Å². The SMILES string of the molecule is O=C(O)COc1ccc(S(=O)(=O)N(Cc2ccc(-c3csnn3)cc2)Cc2ccc(C(F)(F)C(=O)O)cc2)cc1. The van der Waals surface area contributed by atoms with Crippen molar-refractivity contribution in [3.8, 4) is 17.0 Å². The molecule has 0 atom stereocenters. The van der Waals surface area contributed by atoms with Crippen molar-refractivity contribution in [1.29, 1.82) is 0 Å².